The molecular formula is C14H20N2O2. The fraction of sp³-hybridized carbons (Fsp3) is 0.357. The summed E-state index contributed by atoms with van der Waals surface area (Å²) in [7, 11) is 5.59. The van der Waals surface area contributed by atoms with Gasteiger partial charge < -0.3 is 15.0 Å². The van der Waals surface area contributed by atoms with Crippen molar-refractivity contribution in [1.82, 2.24) is 4.90 Å². The lowest BCUT2D eigenvalue weighted by molar-refractivity contribution is -0.111. The molecule has 0 radical (unpaired) electrons. The maximum atomic E-state index is 11.6. The Labute approximate surface area is 108 Å². The number of carbonyl (C=O) groups is 1. The molecule has 4 heteroatoms. The lowest BCUT2D eigenvalue weighted by atomic mass is 10.1. The Morgan fingerprint density at radius 1 is 1.44 bits per heavy atom. The van der Waals surface area contributed by atoms with Gasteiger partial charge in [0.1, 0.15) is 5.75 Å². The molecule has 0 aliphatic carbocycles. The van der Waals surface area contributed by atoms with Crippen LogP contribution in [-0.4, -0.2) is 32.0 Å². The molecule has 0 unspecified atom stereocenters. The smallest absolute Gasteiger partial charge is 0.248 e. The van der Waals surface area contributed by atoms with Gasteiger partial charge in [-0.1, -0.05) is 12.1 Å². The van der Waals surface area contributed by atoms with Gasteiger partial charge >= 0.3 is 0 Å². The SMILES string of the molecule is CC=CC(=O)Nc1cc(CN(C)C)ccc1OC. The molecule has 18 heavy (non-hydrogen) atoms. The Morgan fingerprint density at radius 2 is 2.17 bits per heavy atom. The van der Waals surface area contributed by atoms with E-state index in [9.17, 15) is 4.79 Å². The summed E-state index contributed by atoms with van der Waals surface area (Å²) in [5.74, 6) is 0.508. The van der Waals surface area contributed by atoms with Crippen molar-refractivity contribution in [2.45, 2.75) is 13.5 Å². The van der Waals surface area contributed by atoms with E-state index in [-0.39, 0.29) is 5.91 Å². The highest BCUT2D eigenvalue weighted by Crippen LogP contribution is 2.25. The average molecular weight is 248 g/mol. The minimum atomic E-state index is -0.155. The lowest BCUT2D eigenvalue weighted by Gasteiger charge is -2.14. The highest BCUT2D eigenvalue weighted by atomic mass is 16.5. The third-order valence-electron chi connectivity index (χ3n) is 2.34. The highest BCUT2D eigenvalue weighted by Gasteiger charge is 2.07. The Kier molecular flexibility index (Phi) is 5.39. The summed E-state index contributed by atoms with van der Waals surface area (Å²) in [4.78, 5) is 13.6. The van der Waals surface area contributed by atoms with Crippen LogP contribution in [0.15, 0.2) is 30.4 Å². The molecule has 1 aromatic rings. The highest BCUT2D eigenvalue weighted by molar-refractivity contribution is 6.00. The Bertz CT molecular complexity index is 439. The summed E-state index contributed by atoms with van der Waals surface area (Å²) < 4.78 is 5.23. The van der Waals surface area contributed by atoms with E-state index in [1.807, 2.05) is 32.3 Å². The van der Waals surface area contributed by atoms with Gasteiger partial charge in [-0.15, -0.1) is 0 Å². The van der Waals surface area contributed by atoms with E-state index in [2.05, 4.69) is 10.2 Å². The van der Waals surface area contributed by atoms with Crippen LogP contribution in [-0.2, 0) is 11.3 Å². The van der Waals surface area contributed by atoms with Crippen LogP contribution < -0.4 is 10.1 Å². The summed E-state index contributed by atoms with van der Waals surface area (Å²) in [6.45, 7) is 2.62. The molecule has 0 bridgehead atoms. The van der Waals surface area contributed by atoms with E-state index < -0.39 is 0 Å². The average Bonchev–Trinajstić information content (AvgIpc) is 2.28. The Hall–Kier alpha value is -1.81. The number of allylic oxidation sites excluding steroid dienone is 1. The summed E-state index contributed by atoms with van der Waals surface area (Å²) in [5, 5.41) is 2.81. The zero-order chi connectivity index (χ0) is 13.5. The zero-order valence-electron chi connectivity index (χ0n) is 11.4. The quantitative estimate of drug-likeness (QED) is 0.813. The van der Waals surface area contributed by atoms with Gasteiger partial charge in [-0.05, 0) is 44.8 Å². The van der Waals surface area contributed by atoms with Crippen molar-refractivity contribution in [1.29, 1.82) is 0 Å². The van der Waals surface area contributed by atoms with Crippen molar-refractivity contribution in [3.05, 3.63) is 35.9 Å². The topological polar surface area (TPSA) is 41.6 Å². The molecule has 1 amide bonds. The van der Waals surface area contributed by atoms with Gasteiger partial charge in [0.05, 0.1) is 12.8 Å². The minimum absolute atomic E-state index is 0.155. The maximum Gasteiger partial charge on any atom is 0.248 e. The van der Waals surface area contributed by atoms with Crippen LogP contribution in [0.5, 0.6) is 5.75 Å². The monoisotopic (exact) mass is 248 g/mol. The van der Waals surface area contributed by atoms with E-state index in [1.54, 1.807) is 20.1 Å². The first-order valence-corrected chi connectivity index (χ1v) is 5.82. The number of carbonyl (C=O) groups excluding carboxylic acids is 1. The van der Waals surface area contributed by atoms with Crippen molar-refractivity contribution in [2.24, 2.45) is 0 Å². The third-order valence-corrected chi connectivity index (χ3v) is 2.34. The normalized spacial score (nSPS) is 10.9. The van der Waals surface area contributed by atoms with E-state index >= 15 is 0 Å². The fourth-order valence-corrected chi connectivity index (χ4v) is 1.64. The summed E-state index contributed by atoms with van der Waals surface area (Å²) in [6.07, 6.45) is 3.18. The van der Waals surface area contributed by atoms with Gasteiger partial charge in [-0.2, -0.15) is 0 Å². The molecule has 0 aliphatic heterocycles. The van der Waals surface area contributed by atoms with E-state index in [0.717, 1.165) is 12.1 Å². The fourth-order valence-electron chi connectivity index (χ4n) is 1.64. The molecule has 0 saturated carbocycles. The second-order valence-corrected chi connectivity index (χ2v) is 4.26. The number of hydrogen-bond donors (Lipinski definition) is 1. The summed E-state index contributed by atoms with van der Waals surface area (Å²) >= 11 is 0. The molecule has 1 rings (SSSR count). The largest absolute Gasteiger partial charge is 0.495 e. The van der Waals surface area contributed by atoms with Gasteiger partial charge in [0.2, 0.25) is 5.91 Å². The zero-order valence-corrected chi connectivity index (χ0v) is 11.4. The van der Waals surface area contributed by atoms with Crippen LogP contribution in [0.1, 0.15) is 12.5 Å². The molecule has 1 N–H and O–H groups in total. The van der Waals surface area contributed by atoms with Gasteiger partial charge in [0.15, 0.2) is 0 Å². The van der Waals surface area contributed by atoms with Gasteiger partial charge in [0.25, 0.3) is 0 Å². The molecule has 0 fully saturated rings. The standard InChI is InChI=1S/C14H20N2O2/c1-5-6-14(17)15-12-9-11(10-16(2)3)7-8-13(12)18-4/h5-9H,10H2,1-4H3,(H,15,17). The number of anilines is 1. The van der Waals surface area contributed by atoms with Crippen molar-refractivity contribution in [3.8, 4) is 5.75 Å². The van der Waals surface area contributed by atoms with Crippen LogP contribution >= 0.6 is 0 Å². The van der Waals surface area contributed by atoms with Crippen LogP contribution in [0.3, 0.4) is 0 Å². The first-order valence-electron chi connectivity index (χ1n) is 5.82. The number of rotatable bonds is 5. The van der Waals surface area contributed by atoms with Crippen molar-refractivity contribution in [3.63, 3.8) is 0 Å². The molecule has 4 nitrogen and oxygen atoms in total. The second kappa shape index (κ2) is 6.81. The van der Waals surface area contributed by atoms with E-state index in [4.69, 9.17) is 4.74 Å². The molecule has 0 saturated heterocycles. The maximum absolute atomic E-state index is 11.6. The molecule has 0 atom stereocenters. The number of hydrogen-bond acceptors (Lipinski definition) is 3. The first kappa shape index (κ1) is 14.3. The molecule has 98 valence electrons. The number of benzene rings is 1. The van der Waals surface area contributed by atoms with E-state index in [1.165, 1.54) is 6.08 Å². The molecule has 0 heterocycles. The van der Waals surface area contributed by atoms with Crippen LogP contribution in [0.2, 0.25) is 0 Å². The number of amides is 1. The van der Waals surface area contributed by atoms with Crippen molar-refractivity contribution < 1.29 is 9.53 Å². The number of ether oxygens (including phenoxy) is 1. The summed E-state index contributed by atoms with van der Waals surface area (Å²) in [6, 6.07) is 5.79. The third kappa shape index (κ3) is 4.22. The van der Waals surface area contributed by atoms with Gasteiger partial charge in [0, 0.05) is 6.54 Å². The molecule has 0 aromatic heterocycles. The van der Waals surface area contributed by atoms with Crippen LogP contribution in [0.4, 0.5) is 5.69 Å². The molecule has 0 aliphatic rings. The van der Waals surface area contributed by atoms with Crippen molar-refractivity contribution >= 4 is 11.6 Å². The van der Waals surface area contributed by atoms with Gasteiger partial charge in [-0.25, -0.2) is 0 Å². The number of nitrogens with zero attached hydrogens (tertiary/aromatic N) is 1. The summed E-state index contributed by atoms with van der Waals surface area (Å²) in [5.41, 5.74) is 1.82. The Balaban J connectivity index is 2.94. The second-order valence-electron chi connectivity index (χ2n) is 4.26. The van der Waals surface area contributed by atoms with Gasteiger partial charge in [-0.3, -0.25) is 4.79 Å². The van der Waals surface area contributed by atoms with Crippen LogP contribution in [0.25, 0.3) is 0 Å². The van der Waals surface area contributed by atoms with Crippen LogP contribution in [0, 0.1) is 0 Å². The minimum Gasteiger partial charge on any atom is -0.495 e. The number of methoxy groups -OCH3 is 1. The molecular weight excluding hydrogens is 228 g/mol. The molecule has 0 spiro atoms. The predicted octanol–water partition coefficient (Wildman–Crippen LogP) is 2.27. The first-order chi connectivity index (χ1) is 8.56. The predicted molar refractivity (Wildman–Crippen MR) is 73.8 cm³/mol. The van der Waals surface area contributed by atoms with E-state index in [0.29, 0.717) is 11.4 Å². The van der Waals surface area contributed by atoms with Crippen molar-refractivity contribution in [2.75, 3.05) is 26.5 Å². The lowest BCUT2D eigenvalue weighted by Crippen LogP contribution is -2.12. The Morgan fingerprint density at radius 3 is 2.72 bits per heavy atom. The number of nitrogens with one attached hydrogen (secondary N) is 1. The molecule has 1 aromatic carbocycles.